The van der Waals surface area contributed by atoms with E-state index in [1.165, 1.54) is 25.7 Å². The molecule has 0 fully saturated rings. The van der Waals surface area contributed by atoms with Gasteiger partial charge < -0.3 is 0 Å². The summed E-state index contributed by atoms with van der Waals surface area (Å²) < 4.78 is 0. The number of hydrogen-bond acceptors (Lipinski definition) is 0. The average Bonchev–Trinajstić information content (AvgIpc) is 2.06. The predicted molar refractivity (Wildman–Crippen MR) is 53.9 cm³/mol. The van der Waals surface area contributed by atoms with Gasteiger partial charge in [0.2, 0.25) is 0 Å². The highest BCUT2D eigenvalue weighted by atomic mass is 35.5. The maximum atomic E-state index is 6.12. The quantitative estimate of drug-likeness (QED) is 0.500. The molecule has 0 N–H and O–H groups in total. The molecule has 0 spiro atoms. The second-order valence-corrected chi connectivity index (χ2v) is 3.91. The van der Waals surface area contributed by atoms with E-state index in [-0.39, 0.29) is 7.43 Å². The molecule has 2 radical (unpaired) electrons. The van der Waals surface area contributed by atoms with Crippen LogP contribution in [0.2, 0.25) is 0 Å². The van der Waals surface area contributed by atoms with Gasteiger partial charge in [0.05, 0.1) is 0 Å². The molecule has 2 aliphatic carbocycles. The molecule has 12 heavy (non-hydrogen) atoms. The Kier molecular flexibility index (Phi) is 3.39. The molecular weight excluding hydrogens is 168 g/mol. The minimum absolute atomic E-state index is 0. The molecule has 0 bridgehead atoms. The molecule has 0 aromatic carbocycles. The molecule has 0 saturated heterocycles. The van der Waals surface area contributed by atoms with Gasteiger partial charge in [-0.3, -0.25) is 0 Å². The molecule has 0 saturated carbocycles. The van der Waals surface area contributed by atoms with Crippen LogP contribution in [0.4, 0.5) is 0 Å². The summed E-state index contributed by atoms with van der Waals surface area (Å²) in [6.07, 6.45) is 11.7. The molecule has 0 nitrogen and oxygen atoms in total. The van der Waals surface area contributed by atoms with Gasteiger partial charge >= 0.3 is 0 Å². The zero-order valence-corrected chi connectivity index (χ0v) is 8.06. The van der Waals surface area contributed by atoms with Gasteiger partial charge in [-0.25, -0.2) is 0 Å². The number of hydrogen-bond donors (Lipinski definition) is 0. The monoisotopic (exact) mass is 182 g/mol. The van der Waals surface area contributed by atoms with Crippen molar-refractivity contribution in [1.82, 2.24) is 0 Å². The van der Waals surface area contributed by atoms with Crippen LogP contribution in [0.5, 0.6) is 0 Å². The number of fused-ring (bicyclic) bond motifs is 1. The average molecular weight is 183 g/mol. The molecule has 2 aliphatic rings. The standard InChI is InChI=1S/C10H13Cl.CH2/c11-10-7-3-5-8-4-1-2-6-9(8)10;/h1-2,7-9H,3-6H2;1H2. The van der Waals surface area contributed by atoms with Crippen LogP contribution in [-0.4, -0.2) is 0 Å². The van der Waals surface area contributed by atoms with E-state index in [4.69, 9.17) is 11.6 Å². The van der Waals surface area contributed by atoms with E-state index in [0.717, 1.165) is 11.0 Å². The van der Waals surface area contributed by atoms with Crippen LogP contribution in [0.15, 0.2) is 23.3 Å². The topological polar surface area (TPSA) is 0 Å². The van der Waals surface area contributed by atoms with Crippen LogP contribution in [-0.2, 0) is 0 Å². The number of halogens is 1. The van der Waals surface area contributed by atoms with Crippen molar-refractivity contribution in [3.8, 4) is 0 Å². The van der Waals surface area contributed by atoms with Gasteiger partial charge in [-0.2, -0.15) is 0 Å². The number of allylic oxidation sites excluding steroid dienone is 4. The Morgan fingerprint density at radius 3 is 2.75 bits per heavy atom. The molecule has 2 rings (SSSR count). The summed E-state index contributed by atoms with van der Waals surface area (Å²) in [7, 11) is 0. The Balaban J connectivity index is 0.000000720. The van der Waals surface area contributed by atoms with Gasteiger partial charge in [-0.05, 0) is 31.6 Å². The summed E-state index contributed by atoms with van der Waals surface area (Å²) >= 11 is 6.12. The molecule has 0 amide bonds. The smallest absolute Gasteiger partial charge is 0.0178 e. The van der Waals surface area contributed by atoms with Crippen LogP contribution in [0.25, 0.3) is 0 Å². The fraction of sp³-hybridized carbons (Fsp3) is 0.545. The fourth-order valence-electron chi connectivity index (χ4n) is 2.11. The Bertz CT molecular complexity index is 203. The molecule has 0 aromatic heterocycles. The maximum absolute atomic E-state index is 6.12. The fourth-order valence-corrected chi connectivity index (χ4v) is 2.49. The molecule has 1 heteroatoms. The van der Waals surface area contributed by atoms with E-state index < -0.39 is 0 Å². The summed E-state index contributed by atoms with van der Waals surface area (Å²) in [5.74, 6) is 1.51. The highest BCUT2D eigenvalue weighted by Crippen LogP contribution is 2.39. The van der Waals surface area contributed by atoms with Crippen molar-refractivity contribution in [2.45, 2.75) is 25.7 Å². The lowest BCUT2D eigenvalue weighted by molar-refractivity contribution is 0.342. The lowest BCUT2D eigenvalue weighted by atomic mass is 9.77. The van der Waals surface area contributed by atoms with Crippen molar-refractivity contribution in [3.05, 3.63) is 30.7 Å². The Hall–Kier alpha value is -0.230. The summed E-state index contributed by atoms with van der Waals surface area (Å²) in [5.41, 5.74) is 0. The maximum Gasteiger partial charge on any atom is 0.0178 e. The summed E-state index contributed by atoms with van der Waals surface area (Å²) in [6, 6.07) is 0. The minimum Gasteiger partial charge on any atom is -0.0892 e. The molecule has 0 aliphatic heterocycles. The highest BCUT2D eigenvalue weighted by molar-refractivity contribution is 6.29. The molecule has 2 atom stereocenters. The van der Waals surface area contributed by atoms with E-state index in [1.54, 1.807) is 0 Å². The Labute approximate surface area is 80.3 Å². The van der Waals surface area contributed by atoms with Crippen molar-refractivity contribution >= 4 is 11.6 Å². The summed E-state index contributed by atoms with van der Waals surface area (Å²) in [4.78, 5) is 0. The van der Waals surface area contributed by atoms with Gasteiger partial charge in [-0.15, -0.1) is 0 Å². The van der Waals surface area contributed by atoms with Crippen molar-refractivity contribution in [2.75, 3.05) is 0 Å². The van der Waals surface area contributed by atoms with Crippen LogP contribution < -0.4 is 0 Å². The van der Waals surface area contributed by atoms with E-state index in [9.17, 15) is 0 Å². The molecule has 66 valence electrons. The molecule has 0 heterocycles. The third kappa shape index (κ3) is 1.74. The summed E-state index contributed by atoms with van der Waals surface area (Å²) in [5, 5.41) is 1.12. The number of rotatable bonds is 0. The van der Waals surface area contributed by atoms with E-state index in [1.807, 2.05) is 0 Å². The summed E-state index contributed by atoms with van der Waals surface area (Å²) in [6.45, 7) is 0. The van der Waals surface area contributed by atoms with Crippen molar-refractivity contribution in [2.24, 2.45) is 11.8 Å². The zero-order chi connectivity index (χ0) is 7.68. The van der Waals surface area contributed by atoms with Crippen molar-refractivity contribution < 1.29 is 0 Å². The first-order valence-electron chi connectivity index (χ1n) is 4.38. The van der Waals surface area contributed by atoms with Crippen LogP contribution in [0.1, 0.15) is 25.7 Å². The van der Waals surface area contributed by atoms with E-state index >= 15 is 0 Å². The van der Waals surface area contributed by atoms with Gasteiger partial charge in [-0.1, -0.05) is 37.3 Å². The van der Waals surface area contributed by atoms with Crippen LogP contribution in [0.3, 0.4) is 0 Å². The third-order valence-corrected chi connectivity index (χ3v) is 3.23. The molecule has 2 unspecified atom stereocenters. The van der Waals surface area contributed by atoms with Crippen LogP contribution in [0, 0.1) is 19.3 Å². The van der Waals surface area contributed by atoms with Crippen molar-refractivity contribution in [3.63, 3.8) is 0 Å². The highest BCUT2D eigenvalue weighted by Gasteiger charge is 2.26. The Morgan fingerprint density at radius 1 is 1.25 bits per heavy atom. The van der Waals surface area contributed by atoms with E-state index in [2.05, 4.69) is 18.2 Å². The third-order valence-electron chi connectivity index (χ3n) is 2.80. The normalized spacial score (nSPS) is 33.2. The van der Waals surface area contributed by atoms with Gasteiger partial charge in [0.25, 0.3) is 0 Å². The zero-order valence-electron chi connectivity index (χ0n) is 7.30. The van der Waals surface area contributed by atoms with Crippen molar-refractivity contribution in [1.29, 1.82) is 0 Å². The Morgan fingerprint density at radius 2 is 2.00 bits per heavy atom. The van der Waals surface area contributed by atoms with Gasteiger partial charge in [0.15, 0.2) is 0 Å². The SMILES string of the molecule is ClC1=CCCC2CC=CCC12.[CH2]. The second kappa shape index (κ2) is 4.13. The van der Waals surface area contributed by atoms with E-state index in [0.29, 0.717) is 5.92 Å². The second-order valence-electron chi connectivity index (χ2n) is 3.48. The lowest BCUT2D eigenvalue weighted by Gasteiger charge is -2.31. The molecular formula is C11H15Cl. The van der Waals surface area contributed by atoms with Gasteiger partial charge in [0.1, 0.15) is 0 Å². The lowest BCUT2D eigenvalue weighted by Crippen LogP contribution is -2.19. The van der Waals surface area contributed by atoms with Gasteiger partial charge in [0, 0.05) is 11.0 Å². The first-order valence-corrected chi connectivity index (χ1v) is 4.76. The first kappa shape index (κ1) is 9.85. The predicted octanol–water partition coefficient (Wildman–Crippen LogP) is 3.81. The first-order chi connectivity index (χ1) is 5.38. The minimum atomic E-state index is 0. The largest absolute Gasteiger partial charge is 0.0892 e. The van der Waals surface area contributed by atoms with Crippen LogP contribution >= 0.6 is 11.6 Å². The molecule has 0 aromatic rings.